The van der Waals surface area contributed by atoms with E-state index in [4.69, 9.17) is 4.74 Å². The van der Waals surface area contributed by atoms with Gasteiger partial charge in [0.05, 0.1) is 12.8 Å². The number of hydrogen-bond acceptors (Lipinski definition) is 5. The Labute approximate surface area is 168 Å². The number of aromatic nitrogens is 2. The van der Waals surface area contributed by atoms with E-state index in [0.29, 0.717) is 17.2 Å². The number of hydrogen-bond donors (Lipinski definition) is 3. The molecule has 7 heteroatoms. The topological polar surface area (TPSA) is 79.0 Å². The highest BCUT2D eigenvalue weighted by molar-refractivity contribution is 5.36. The van der Waals surface area contributed by atoms with Crippen LogP contribution in [0.2, 0.25) is 0 Å². The third-order valence-corrected chi connectivity index (χ3v) is 5.28. The van der Waals surface area contributed by atoms with Gasteiger partial charge in [0.25, 0.3) is 5.56 Å². The molecule has 3 aromatic rings. The maximum atomic E-state index is 13.8. The first-order valence-electron chi connectivity index (χ1n) is 9.57. The van der Waals surface area contributed by atoms with Crippen molar-refractivity contribution < 1.29 is 9.13 Å². The minimum Gasteiger partial charge on any atom is -0.497 e. The first-order chi connectivity index (χ1) is 14.1. The maximum absolute atomic E-state index is 13.8. The average molecular weight is 394 g/mol. The van der Waals surface area contributed by atoms with Crippen molar-refractivity contribution in [3.8, 4) is 5.75 Å². The van der Waals surface area contributed by atoms with Crippen LogP contribution in [0.3, 0.4) is 0 Å². The first-order valence-corrected chi connectivity index (χ1v) is 9.57. The fourth-order valence-corrected chi connectivity index (χ4v) is 3.78. The summed E-state index contributed by atoms with van der Waals surface area (Å²) in [5.41, 5.74) is 2.13. The minimum absolute atomic E-state index is 0.0541. The lowest BCUT2D eigenvalue weighted by molar-refractivity contribution is 0.413. The molecule has 0 spiro atoms. The summed E-state index contributed by atoms with van der Waals surface area (Å²) in [6, 6.07) is 16.0. The number of benzene rings is 2. The van der Waals surface area contributed by atoms with Gasteiger partial charge in [-0.1, -0.05) is 30.3 Å². The van der Waals surface area contributed by atoms with Crippen LogP contribution in [-0.4, -0.2) is 30.2 Å². The van der Waals surface area contributed by atoms with Gasteiger partial charge in [-0.05, 0) is 23.8 Å². The molecular formula is C22H23FN4O2. The monoisotopic (exact) mass is 394 g/mol. The number of ether oxygens (including phenoxy) is 1. The molecule has 1 fully saturated rings. The Bertz CT molecular complexity index is 1050. The Balaban J connectivity index is 1.57. The van der Waals surface area contributed by atoms with Crippen molar-refractivity contribution >= 4 is 5.95 Å². The highest BCUT2D eigenvalue weighted by Gasteiger charge is 2.31. The van der Waals surface area contributed by atoms with Crippen LogP contribution in [0.5, 0.6) is 5.75 Å². The zero-order valence-corrected chi connectivity index (χ0v) is 16.1. The highest BCUT2D eigenvalue weighted by Crippen LogP contribution is 2.36. The van der Waals surface area contributed by atoms with E-state index in [-0.39, 0.29) is 29.8 Å². The van der Waals surface area contributed by atoms with Crippen LogP contribution < -0.4 is 20.9 Å². The van der Waals surface area contributed by atoms with E-state index in [1.165, 1.54) is 6.07 Å². The molecule has 29 heavy (non-hydrogen) atoms. The summed E-state index contributed by atoms with van der Waals surface area (Å²) in [6.45, 7) is 1.76. The van der Waals surface area contributed by atoms with Gasteiger partial charge in [0.15, 0.2) is 0 Å². The Morgan fingerprint density at radius 1 is 1.14 bits per heavy atom. The molecule has 0 bridgehead atoms. The summed E-state index contributed by atoms with van der Waals surface area (Å²) in [5.74, 6) is 1.08. The fraction of sp³-hybridized carbons (Fsp3) is 0.273. The predicted molar refractivity (Wildman–Crippen MR) is 110 cm³/mol. The van der Waals surface area contributed by atoms with E-state index in [2.05, 4.69) is 26.7 Å². The number of anilines is 1. The number of aromatic amines is 1. The smallest absolute Gasteiger partial charge is 0.252 e. The SMILES string of the molecule is COc1cccc([C@@H]2CNC[C@H]2c2cc(=O)[nH]c(NCc3ccccc3F)n2)c1. The summed E-state index contributed by atoms with van der Waals surface area (Å²) in [4.78, 5) is 19.6. The lowest BCUT2D eigenvalue weighted by Gasteiger charge is -2.19. The zero-order valence-electron chi connectivity index (χ0n) is 16.1. The van der Waals surface area contributed by atoms with Crippen molar-refractivity contribution in [1.82, 2.24) is 15.3 Å². The van der Waals surface area contributed by atoms with Gasteiger partial charge in [-0.25, -0.2) is 9.37 Å². The van der Waals surface area contributed by atoms with Crippen LogP contribution in [0, 0.1) is 5.82 Å². The van der Waals surface area contributed by atoms with E-state index < -0.39 is 0 Å². The molecule has 4 rings (SSSR count). The minimum atomic E-state index is -0.295. The first kappa shape index (κ1) is 19.1. The Kier molecular flexibility index (Phi) is 5.57. The molecule has 1 saturated heterocycles. The van der Waals surface area contributed by atoms with E-state index in [0.717, 1.165) is 24.4 Å². The standard InChI is InChI=1S/C22H23FN4O2/c1-29-16-7-4-6-14(9-16)17-12-24-13-18(17)20-10-21(28)27-22(26-20)25-11-15-5-2-3-8-19(15)23/h2-10,17-18,24H,11-13H2,1H3,(H2,25,26,27,28)/t17-,18+/m0/s1. The van der Waals surface area contributed by atoms with E-state index >= 15 is 0 Å². The van der Waals surface area contributed by atoms with Gasteiger partial charge in [-0.3, -0.25) is 9.78 Å². The molecule has 1 aromatic heterocycles. The summed E-state index contributed by atoms with van der Waals surface area (Å²) < 4.78 is 19.2. The molecule has 2 atom stereocenters. The number of methoxy groups -OCH3 is 1. The normalized spacial score (nSPS) is 18.6. The Morgan fingerprint density at radius 2 is 1.97 bits per heavy atom. The molecule has 150 valence electrons. The Morgan fingerprint density at radius 3 is 2.79 bits per heavy atom. The van der Waals surface area contributed by atoms with Crippen molar-refractivity contribution in [2.45, 2.75) is 18.4 Å². The van der Waals surface area contributed by atoms with Gasteiger partial charge in [0.1, 0.15) is 11.6 Å². The predicted octanol–water partition coefficient (Wildman–Crippen LogP) is 3.00. The molecule has 2 aromatic carbocycles. The number of halogens is 1. The van der Waals surface area contributed by atoms with Gasteiger partial charge in [0, 0.05) is 43.1 Å². The molecule has 3 N–H and O–H groups in total. The number of H-pyrrole nitrogens is 1. The molecule has 0 saturated carbocycles. The van der Waals surface area contributed by atoms with Gasteiger partial charge < -0.3 is 15.4 Å². The molecule has 0 radical (unpaired) electrons. The van der Waals surface area contributed by atoms with Crippen LogP contribution in [0.1, 0.15) is 28.7 Å². The Hall–Kier alpha value is -3.19. The zero-order chi connectivity index (χ0) is 20.2. The van der Waals surface area contributed by atoms with Crippen LogP contribution >= 0.6 is 0 Å². The fourth-order valence-electron chi connectivity index (χ4n) is 3.78. The molecule has 0 unspecified atom stereocenters. The second kappa shape index (κ2) is 8.45. The quantitative estimate of drug-likeness (QED) is 0.599. The van der Waals surface area contributed by atoms with Crippen molar-refractivity contribution in [3.05, 3.63) is 87.6 Å². The lowest BCUT2D eigenvalue weighted by Crippen LogP contribution is -2.19. The number of rotatable bonds is 6. The third kappa shape index (κ3) is 4.30. The highest BCUT2D eigenvalue weighted by atomic mass is 19.1. The average Bonchev–Trinajstić information content (AvgIpc) is 3.23. The van der Waals surface area contributed by atoms with Crippen molar-refractivity contribution in [2.75, 3.05) is 25.5 Å². The third-order valence-electron chi connectivity index (χ3n) is 5.28. The second-order valence-electron chi connectivity index (χ2n) is 7.11. The second-order valence-corrected chi connectivity index (χ2v) is 7.11. The van der Waals surface area contributed by atoms with E-state index in [9.17, 15) is 9.18 Å². The summed E-state index contributed by atoms with van der Waals surface area (Å²) in [5, 5.41) is 6.43. The summed E-state index contributed by atoms with van der Waals surface area (Å²) in [7, 11) is 1.65. The number of nitrogens with one attached hydrogen (secondary N) is 3. The molecule has 1 aliphatic heterocycles. The van der Waals surface area contributed by atoms with Crippen LogP contribution in [0.15, 0.2) is 59.4 Å². The largest absolute Gasteiger partial charge is 0.497 e. The van der Waals surface area contributed by atoms with Gasteiger partial charge in [0.2, 0.25) is 5.95 Å². The van der Waals surface area contributed by atoms with Gasteiger partial charge in [-0.2, -0.15) is 0 Å². The van der Waals surface area contributed by atoms with Gasteiger partial charge >= 0.3 is 0 Å². The maximum Gasteiger partial charge on any atom is 0.252 e. The molecule has 0 aliphatic carbocycles. The molecule has 1 aliphatic rings. The van der Waals surface area contributed by atoms with Gasteiger partial charge in [-0.15, -0.1) is 0 Å². The van der Waals surface area contributed by atoms with Crippen molar-refractivity contribution in [2.24, 2.45) is 0 Å². The molecule has 6 nitrogen and oxygen atoms in total. The van der Waals surface area contributed by atoms with Crippen molar-refractivity contribution in [3.63, 3.8) is 0 Å². The van der Waals surface area contributed by atoms with Crippen LogP contribution in [0.25, 0.3) is 0 Å². The number of nitrogens with zero attached hydrogens (tertiary/aromatic N) is 1. The molecular weight excluding hydrogens is 371 g/mol. The van der Waals surface area contributed by atoms with E-state index in [1.54, 1.807) is 31.4 Å². The van der Waals surface area contributed by atoms with E-state index in [1.807, 2.05) is 18.2 Å². The van der Waals surface area contributed by atoms with Crippen LogP contribution in [0.4, 0.5) is 10.3 Å². The van der Waals surface area contributed by atoms with Crippen LogP contribution in [-0.2, 0) is 6.54 Å². The lowest BCUT2D eigenvalue weighted by atomic mass is 9.86. The molecule has 2 heterocycles. The summed E-state index contributed by atoms with van der Waals surface area (Å²) in [6.07, 6.45) is 0. The summed E-state index contributed by atoms with van der Waals surface area (Å²) >= 11 is 0. The van der Waals surface area contributed by atoms with Crippen molar-refractivity contribution in [1.29, 1.82) is 0 Å². The molecule has 0 amide bonds.